The van der Waals surface area contributed by atoms with Crippen LogP contribution in [0, 0.1) is 0 Å². The van der Waals surface area contributed by atoms with Crippen molar-refractivity contribution in [2.45, 2.75) is 63.3 Å². The number of likely N-dealkylation sites (tertiary alicyclic amines) is 1. The Kier molecular flexibility index (Phi) is 5.19. The fourth-order valence-electron chi connectivity index (χ4n) is 2.94. The van der Waals surface area contributed by atoms with Gasteiger partial charge in [-0.05, 0) is 53.0 Å². The number of carbonyl (C=O) groups excluding carboxylic acids is 1. The van der Waals surface area contributed by atoms with Gasteiger partial charge < -0.3 is 5.32 Å². The summed E-state index contributed by atoms with van der Waals surface area (Å²) >= 11 is 0. The Hall–Kier alpha value is -0.660. The lowest BCUT2D eigenvalue weighted by Gasteiger charge is -2.37. The number of likely N-dealkylation sites (N-methyl/N-ethyl adjacent to an activating group) is 1. The zero-order valence-electron chi connectivity index (χ0n) is 14.1. The highest BCUT2D eigenvalue weighted by molar-refractivity contribution is 7.90. The standard InChI is InChI=1S/C15H29N3O3S/c1-15(2,3)16-14(19)11-18-9-5-6-12(10-18)17(4)22(20,21)13-7-8-13/h12-13H,5-11H2,1-4H3,(H,16,19). The molecule has 0 aromatic carbocycles. The molecule has 128 valence electrons. The number of nitrogens with zero attached hydrogens (tertiary/aromatic N) is 2. The summed E-state index contributed by atoms with van der Waals surface area (Å²) in [4.78, 5) is 14.1. The fraction of sp³-hybridized carbons (Fsp3) is 0.933. The molecule has 1 amide bonds. The maximum atomic E-state index is 12.3. The molecule has 0 aromatic heterocycles. The zero-order chi connectivity index (χ0) is 16.5. The molecule has 1 heterocycles. The monoisotopic (exact) mass is 331 g/mol. The quantitative estimate of drug-likeness (QED) is 0.809. The molecule has 22 heavy (non-hydrogen) atoms. The highest BCUT2D eigenvalue weighted by Gasteiger charge is 2.41. The van der Waals surface area contributed by atoms with E-state index in [9.17, 15) is 13.2 Å². The van der Waals surface area contributed by atoms with Crippen LogP contribution in [0.5, 0.6) is 0 Å². The van der Waals surface area contributed by atoms with E-state index in [0.29, 0.717) is 13.1 Å². The minimum Gasteiger partial charge on any atom is -0.350 e. The maximum Gasteiger partial charge on any atom is 0.234 e. The number of sulfonamides is 1. The Bertz CT molecular complexity index is 509. The lowest BCUT2D eigenvalue weighted by molar-refractivity contribution is -0.124. The van der Waals surface area contributed by atoms with Crippen molar-refractivity contribution in [1.82, 2.24) is 14.5 Å². The molecule has 1 aliphatic heterocycles. The van der Waals surface area contributed by atoms with Crippen LogP contribution in [0.2, 0.25) is 0 Å². The van der Waals surface area contributed by atoms with Crippen molar-refractivity contribution in [2.75, 3.05) is 26.7 Å². The Morgan fingerprint density at radius 3 is 2.45 bits per heavy atom. The smallest absolute Gasteiger partial charge is 0.234 e. The van der Waals surface area contributed by atoms with E-state index in [4.69, 9.17) is 0 Å². The van der Waals surface area contributed by atoms with E-state index in [1.807, 2.05) is 20.8 Å². The molecular formula is C15H29N3O3S. The van der Waals surface area contributed by atoms with Gasteiger partial charge in [-0.25, -0.2) is 12.7 Å². The average molecular weight is 331 g/mol. The third-order valence-corrected chi connectivity index (χ3v) is 6.64. The summed E-state index contributed by atoms with van der Waals surface area (Å²) < 4.78 is 26.2. The van der Waals surface area contributed by atoms with Gasteiger partial charge in [-0.1, -0.05) is 0 Å². The van der Waals surface area contributed by atoms with Crippen molar-refractivity contribution in [1.29, 1.82) is 0 Å². The molecule has 0 spiro atoms. The molecule has 6 nitrogen and oxygen atoms in total. The number of amides is 1. The van der Waals surface area contributed by atoms with Gasteiger partial charge in [-0.15, -0.1) is 0 Å². The van der Waals surface area contributed by atoms with Crippen molar-refractivity contribution in [3.63, 3.8) is 0 Å². The Balaban J connectivity index is 1.90. The largest absolute Gasteiger partial charge is 0.350 e. The number of rotatable bonds is 5. The van der Waals surface area contributed by atoms with E-state index in [2.05, 4.69) is 10.2 Å². The van der Waals surface area contributed by atoms with Crippen LogP contribution in [-0.4, -0.2) is 67.0 Å². The average Bonchev–Trinajstić information content (AvgIpc) is 3.20. The number of piperidine rings is 1. The molecule has 1 aliphatic carbocycles. The van der Waals surface area contributed by atoms with Gasteiger partial charge in [-0.2, -0.15) is 0 Å². The van der Waals surface area contributed by atoms with Gasteiger partial charge in [0, 0.05) is 25.2 Å². The van der Waals surface area contributed by atoms with Crippen LogP contribution < -0.4 is 5.32 Å². The normalized spacial score (nSPS) is 24.5. The first-order valence-corrected chi connectivity index (χ1v) is 9.60. The van der Waals surface area contributed by atoms with Crippen molar-refractivity contribution < 1.29 is 13.2 Å². The van der Waals surface area contributed by atoms with Crippen molar-refractivity contribution in [2.24, 2.45) is 0 Å². The van der Waals surface area contributed by atoms with E-state index in [1.165, 1.54) is 0 Å². The second-order valence-corrected chi connectivity index (χ2v) is 9.86. The van der Waals surface area contributed by atoms with Crippen LogP contribution in [-0.2, 0) is 14.8 Å². The fourth-order valence-corrected chi connectivity index (χ4v) is 4.73. The van der Waals surface area contributed by atoms with E-state index in [-0.39, 0.29) is 22.7 Å². The van der Waals surface area contributed by atoms with Crippen LogP contribution in [0.25, 0.3) is 0 Å². The summed E-state index contributed by atoms with van der Waals surface area (Å²) in [5.41, 5.74) is -0.238. The molecule has 1 saturated heterocycles. The van der Waals surface area contributed by atoms with Crippen LogP contribution >= 0.6 is 0 Å². The van der Waals surface area contributed by atoms with Gasteiger partial charge in [0.2, 0.25) is 15.9 Å². The molecule has 0 radical (unpaired) electrons. The van der Waals surface area contributed by atoms with Gasteiger partial charge in [-0.3, -0.25) is 9.69 Å². The number of hydrogen-bond donors (Lipinski definition) is 1. The van der Waals surface area contributed by atoms with Crippen LogP contribution in [0.3, 0.4) is 0 Å². The first-order valence-electron chi connectivity index (χ1n) is 8.10. The molecule has 1 atom stereocenters. The van der Waals surface area contributed by atoms with Crippen LogP contribution in [0.4, 0.5) is 0 Å². The van der Waals surface area contributed by atoms with Crippen LogP contribution in [0.15, 0.2) is 0 Å². The van der Waals surface area contributed by atoms with Crippen molar-refractivity contribution >= 4 is 15.9 Å². The number of carbonyl (C=O) groups is 1. The van der Waals surface area contributed by atoms with Gasteiger partial charge in [0.15, 0.2) is 0 Å². The molecule has 0 bridgehead atoms. The molecule has 7 heteroatoms. The molecule has 2 fully saturated rings. The Labute approximate surface area is 134 Å². The van der Waals surface area contributed by atoms with E-state index in [0.717, 1.165) is 32.2 Å². The molecule has 1 unspecified atom stereocenters. The van der Waals surface area contributed by atoms with Crippen molar-refractivity contribution in [3.05, 3.63) is 0 Å². The highest BCUT2D eigenvalue weighted by Crippen LogP contribution is 2.32. The summed E-state index contributed by atoms with van der Waals surface area (Å²) in [6.45, 7) is 7.70. The first kappa shape index (κ1) is 17.7. The third kappa shape index (κ3) is 4.67. The third-order valence-electron chi connectivity index (χ3n) is 4.22. The lowest BCUT2D eigenvalue weighted by atomic mass is 10.1. The summed E-state index contributed by atoms with van der Waals surface area (Å²) in [5, 5.41) is 2.79. The predicted molar refractivity (Wildman–Crippen MR) is 87.1 cm³/mol. The SMILES string of the molecule is CN(C1CCCN(CC(=O)NC(C)(C)C)C1)S(=O)(=O)C1CC1. The summed E-state index contributed by atoms with van der Waals surface area (Å²) in [5.74, 6) is 0.000790. The minimum atomic E-state index is -3.14. The van der Waals surface area contributed by atoms with E-state index in [1.54, 1.807) is 11.4 Å². The molecule has 1 saturated carbocycles. The van der Waals surface area contributed by atoms with E-state index < -0.39 is 10.0 Å². The topological polar surface area (TPSA) is 69.7 Å². The number of hydrogen-bond acceptors (Lipinski definition) is 4. The van der Waals surface area contributed by atoms with Gasteiger partial charge in [0.25, 0.3) is 0 Å². The molecule has 2 aliphatic rings. The highest BCUT2D eigenvalue weighted by atomic mass is 32.2. The second kappa shape index (κ2) is 6.45. The Morgan fingerprint density at radius 1 is 1.27 bits per heavy atom. The zero-order valence-corrected chi connectivity index (χ0v) is 14.9. The summed E-state index contributed by atoms with van der Waals surface area (Å²) in [6, 6.07) is -0.0122. The predicted octanol–water partition coefficient (Wildman–Crippen LogP) is 0.790. The molecule has 1 N–H and O–H groups in total. The Morgan fingerprint density at radius 2 is 1.91 bits per heavy atom. The maximum absolute atomic E-state index is 12.3. The van der Waals surface area contributed by atoms with Gasteiger partial charge in [0.1, 0.15) is 0 Å². The van der Waals surface area contributed by atoms with Crippen LogP contribution in [0.1, 0.15) is 46.5 Å². The molecule has 2 rings (SSSR count). The minimum absolute atomic E-state index is 0.000790. The summed E-state index contributed by atoms with van der Waals surface area (Å²) in [7, 11) is -1.45. The van der Waals surface area contributed by atoms with E-state index >= 15 is 0 Å². The second-order valence-electron chi connectivity index (χ2n) is 7.59. The number of nitrogens with one attached hydrogen (secondary N) is 1. The molecular weight excluding hydrogens is 302 g/mol. The first-order chi connectivity index (χ1) is 10.1. The summed E-state index contributed by atoms with van der Waals surface area (Å²) in [6.07, 6.45) is 3.38. The van der Waals surface area contributed by atoms with Crippen molar-refractivity contribution in [3.8, 4) is 0 Å². The molecule has 0 aromatic rings. The van der Waals surface area contributed by atoms with Gasteiger partial charge in [0.05, 0.1) is 11.8 Å². The van der Waals surface area contributed by atoms with Gasteiger partial charge >= 0.3 is 0 Å². The lowest BCUT2D eigenvalue weighted by Crippen LogP contribution is -2.52.